The van der Waals surface area contributed by atoms with E-state index >= 15 is 0 Å². The summed E-state index contributed by atoms with van der Waals surface area (Å²) in [6.07, 6.45) is -2.25. The van der Waals surface area contributed by atoms with Gasteiger partial charge in [0.25, 0.3) is 0 Å². The molecule has 9 heteroatoms. The van der Waals surface area contributed by atoms with Crippen LogP contribution in [0.15, 0.2) is 42.6 Å². The summed E-state index contributed by atoms with van der Waals surface area (Å²) >= 11 is 0. The van der Waals surface area contributed by atoms with Crippen LogP contribution in [0.3, 0.4) is 0 Å². The van der Waals surface area contributed by atoms with E-state index in [4.69, 9.17) is 0 Å². The van der Waals surface area contributed by atoms with E-state index in [-0.39, 0.29) is 18.0 Å². The Morgan fingerprint density at radius 2 is 1.66 bits per heavy atom. The highest BCUT2D eigenvalue weighted by molar-refractivity contribution is 5.71. The molecule has 1 aliphatic heterocycles. The summed E-state index contributed by atoms with van der Waals surface area (Å²) in [5, 5.41) is 2.71. The van der Waals surface area contributed by atoms with E-state index in [9.17, 15) is 22.0 Å². The van der Waals surface area contributed by atoms with Gasteiger partial charge in [0, 0.05) is 23.9 Å². The maximum Gasteiger partial charge on any atom is 0.586 e. The standard InChI is InChI=1S/C20H13F5N2O2/c1-10-6-16-17(29-20(24,25)28-16)7-12(10)11-2-5-18(26-8-11)27-9-13-14(21)3-4-15(22)19(13)23/h2-8H,9H2,1H3,(H,26,27). The average molecular weight is 408 g/mol. The molecule has 0 saturated carbocycles. The van der Waals surface area contributed by atoms with E-state index in [0.29, 0.717) is 28.6 Å². The van der Waals surface area contributed by atoms with Gasteiger partial charge in [-0.15, -0.1) is 8.78 Å². The van der Waals surface area contributed by atoms with Crippen molar-refractivity contribution in [2.45, 2.75) is 19.8 Å². The molecule has 0 fully saturated rings. The third-order valence-electron chi connectivity index (χ3n) is 4.41. The first-order chi connectivity index (χ1) is 13.7. The molecule has 0 bridgehead atoms. The number of benzene rings is 2. The van der Waals surface area contributed by atoms with Crippen LogP contribution in [0.2, 0.25) is 0 Å². The zero-order chi connectivity index (χ0) is 20.8. The average Bonchev–Trinajstić information content (AvgIpc) is 2.97. The third kappa shape index (κ3) is 3.67. The summed E-state index contributed by atoms with van der Waals surface area (Å²) < 4.78 is 76.0. The predicted octanol–water partition coefficient (Wildman–Crippen LogP) is 5.41. The van der Waals surface area contributed by atoms with Crippen LogP contribution in [0.1, 0.15) is 11.1 Å². The van der Waals surface area contributed by atoms with Crippen LogP contribution in [0, 0.1) is 24.4 Å². The van der Waals surface area contributed by atoms with E-state index in [1.165, 1.54) is 18.3 Å². The van der Waals surface area contributed by atoms with Crippen LogP contribution < -0.4 is 14.8 Å². The number of aromatic nitrogens is 1. The molecule has 1 aliphatic rings. The number of ether oxygens (including phenoxy) is 2. The number of hydrogen-bond acceptors (Lipinski definition) is 4. The molecule has 29 heavy (non-hydrogen) atoms. The number of hydrogen-bond donors (Lipinski definition) is 1. The Labute approximate surface area is 161 Å². The molecule has 150 valence electrons. The van der Waals surface area contributed by atoms with Crippen molar-refractivity contribution in [3.63, 3.8) is 0 Å². The maximum atomic E-state index is 13.7. The van der Waals surface area contributed by atoms with Crippen LogP contribution >= 0.6 is 0 Å². The first kappa shape index (κ1) is 19.0. The molecule has 0 unspecified atom stereocenters. The molecule has 1 aromatic heterocycles. The minimum Gasteiger partial charge on any atom is -0.395 e. The topological polar surface area (TPSA) is 43.4 Å². The number of alkyl halides is 2. The molecule has 1 N–H and O–H groups in total. The Bertz CT molecular complexity index is 1090. The number of fused-ring (bicyclic) bond motifs is 1. The van der Waals surface area contributed by atoms with Gasteiger partial charge in [-0.05, 0) is 54.4 Å². The van der Waals surface area contributed by atoms with Crippen molar-refractivity contribution in [2.75, 3.05) is 5.32 Å². The molecule has 0 atom stereocenters. The Balaban J connectivity index is 1.53. The van der Waals surface area contributed by atoms with Gasteiger partial charge in [0.2, 0.25) is 0 Å². The molecule has 4 nitrogen and oxygen atoms in total. The predicted molar refractivity (Wildman–Crippen MR) is 94.3 cm³/mol. The Morgan fingerprint density at radius 1 is 0.966 bits per heavy atom. The summed E-state index contributed by atoms with van der Waals surface area (Å²) in [7, 11) is 0. The third-order valence-corrected chi connectivity index (χ3v) is 4.41. The molecule has 0 radical (unpaired) electrons. The van der Waals surface area contributed by atoms with Crippen molar-refractivity contribution in [3.8, 4) is 22.6 Å². The minimum absolute atomic E-state index is 0.0540. The Hall–Kier alpha value is -3.36. The number of aryl methyl sites for hydroxylation is 1. The lowest BCUT2D eigenvalue weighted by Gasteiger charge is -2.10. The molecule has 3 aromatic rings. The van der Waals surface area contributed by atoms with E-state index in [2.05, 4.69) is 19.8 Å². The van der Waals surface area contributed by atoms with Gasteiger partial charge in [0.05, 0.1) is 0 Å². The number of halogens is 5. The number of rotatable bonds is 4. The first-order valence-electron chi connectivity index (χ1n) is 8.47. The SMILES string of the molecule is Cc1cc2c(cc1-c1ccc(NCc3c(F)ccc(F)c3F)nc1)OC(F)(F)O2. The summed E-state index contributed by atoms with van der Waals surface area (Å²) in [5.74, 6) is -3.13. The maximum absolute atomic E-state index is 13.7. The van der Waals surface area contributed by atoms with Crippen molar-refractivity contribution in [1.82, 2.24) is 4.98 Å². The second kappa shape index (κ2) is 6.91. The summed E-state index contributed by atoms with van der Waals surface area (Å²) in [6.45, 7) is 1.41. The highest BCUT2D eigenvalue weighted by Gasteiger charge is 2.43. The minimum atomic E-state index is -3.71. The zero-order valence-corrected chi connectivity index (χ0v) is 14.9. The van der Waals surface area contributed by atoms with Gasteiger partial charge >= 0.3 is 6.29 Å². The molecule has 0 aliphatic carbocycles. The molecular formula is C20H13F5N2O2. The lowest BCUT2D eigenvalue weighted by Crippen LogP contribution is -2.25. The van der Waals surface area contributed by atoms with E-state index in [1.54, 1.807) is 19.1 Å². The van der Waals surface area contributed by atoms with Gasteiger partial charge < -0.3 is 14.8 Å². The second-order valence-electron chi connectivity index (χ2n) is 6.39. The van der Waals surface area contributed by atoms with Gasteiger partial charge in [0.1, 0.15) is 11.6 Å². The smallest absolute Gasteiger partial charge is 0.395 e. The number of anilines is 1. The van der Waals surface area contributed by atoms with Crippen LogP contribution in [-0.4, -0.2) is 11.3 Å². The monoisotopic (exact) mass is 408 g/mol. The van der Waals surface area contributed by atoms with Gasteiger partial charge in [-0.25, -0.2) is 18.2 Å². The van der Waals surface area contributed by atoms with Crippen LogP contribution in [0.25, 0.3) is 11.1 Å². The molecule has 0 saturated heterocycles. The fraction of sp³-hybridized carbons (Fsp3) is 0.150. The molecular weight excluding hydrogens is 395 g/mol. The molecule has 4 rings (SSSR count). The Morgan fingerprint density at radius 3 is 2.34 bits per heavy atom. The zero-order valence-electron chi connectivity index (χ0n) is 14.9. The molecule has 2 heterocycles. The van der Waals surface area contributed by atoms with Crippen molar-refractivity contribution in [3.05, 3.63) is 71.2 Å². The first-order valence-corrected chi connectivity index (χ1v) is 8.47. The number of pyridine rings is 1. The highest BCUT2D eigenvalue weighted by atomic mass is 19.3. The summed E-state index contributed by atoms with van der Waals surface area (Å²) in [5.41, 5.74) is 1.43. The van der Waals surface area contributed by atoms with Crippen molar-refractivity contribution in [2.24, 2.45) is 0 Å². The largest absolute Gasteiger partial charge is 0.586 e. The van der Waals surface area contributed by atoms with Gasteiger partial charge in [0.15, 0.2) is 23.1 Å². The Kier molecular flexibility index (Phi) is 4.52. The number of nitrogens with zero attached hydrogens (tertiary/aromatic N) is 1. The lowest BCUT2D eigenvalue weighted by atomic mass is 10.0. The molecule has 0 spiro atoms. The lowest BCUT2D eigenvalue weighted by molar-refractivity contribution is -0.286. The van der Waals surface area contributed by atoms with Crippen LogP contribution in [0.4, 0.5) is 27.8 Å². The summed E-state index contributed by atoms with van der Waals surface area (Å²) in [6, 6.07) is 7.61. The molecule has 0 amide bonds. The van der Waals surface area contributed by atoms with Gasteiger partial charge in [-0.1, -0.05) is 0 Å². The summed E-state index contributed by atoms with van der Waals surface area (Å²) in [4.78, 5) is 4.15. The van der Waals surface area contributed by atoms with Crippen molar-refractivity contribution >= 4 is 5.82 Å². The van der Waals surface area contributed by atoms with E-state index in [1.807, 2.05) is 0 Å². The second-order valence-corrected chi connectivity index (χ2v) is 6.39. The highest BCUT2D eigenvalue weighted by Crippen LogP contribution is 2.44. The normalized spacial score (nSPS) is 14.1. The van der Waals surface area contributed by atoms with E-state index in [0.717, 1.165) is 6.07 Å². The number of nitrogens with one attached hydrogen (secondary N) is 1. The fourth-order valence-corrected chi connectivity index (χ4v) is 2.98. The van der Waals surface area contributed by atoms with Crippen LogP contribution in [-0.2, 0) is 6.54 Å². The van der Waals surface area contributed by atoms with Gasteiger partial charge in [-0.2, -0.15) is 0 Å². The van der Waals surface area contributed by atoms with Crippen molar-refractivity contribution < 1.29 is 31.4 Å². The van der Waals surface area contributed by atoms with E-state index < -0.39 is 29.3 Å². The quantitative estimate of drug-likeness (QED) is 0.463. The van der Waals surface area contributed by atoms with Crippen molar-refractivity contribution in [1.29, 1.82) is 0 Å². The van der Waals surface area contributed by atoms with Gasteiger partial charge in [-0.3, -0.25) is 0 Å². The fourth-order valence-electron chi connectivity index (χ4n) is 2.98. The van der Waals surface area contributed by atoms with Crippen LogP contribution in [0.5, 0.6) is 11.5 Å². The molecule has 2 aromatic carbocycles.